The lowest BCUT2D eigenvalue weighted by Gasteiger charge is -2.07. The van der Waals surface area contributed by atoms with Gasteiger partial charge in [-0.25, -0.2) is 4.98 Å². The van der Waals surface area contributed by atoms with Crippen LogP contribution < -0.4 is 5.32 Å². The van der Waals surface area contributed by atoms with Crippen LogP contribution in [0.1, 0.15) is 15.9 Å². The summed E-state index contributed by atoms with van der Waals surface area (Å²) in [7, 11) is 0. The van der Waals surface area contributed by atoms with Gasteiger partial charge >= 0.3 is 0 Å². The fraction of sp³-hybridized carbons (Fsp3) is 0.0769. The number of benzene rings is 1. The summed E-state index contributed by atoms with van der Waals surface area (Å²) in [6.45, 7) is 1.58. The Morgan fingerprint density at radius 1 is 1.43 bits per heavy atom. The summed E-state index contributed by atoms with van der Waals surface area (Å²) in [5, 5.41) is 13.7. The zero-order valence-electron chi connectivity index (χ0n) is 10.8. The van der Waals surface area contributed by atoms with Crippen LogP contribution in [0.15, 0.2) is 34.9 Å². The van der Waals surface area contributed by atoms with Crippen molar-refractivity contribution in [3.63, 3.8) is 0 Å². The maximum Gasteiger partial charge on any atom is 0.272 e. The molecule has 0 aliphatic carbocycles. The second kappa shape index (κ2) is 6.19. The Morgan fingerprint density at radius 3 is 2.71 bits per heavy atom. The molecule has 0 saturated carbocycles. The molecule has 1 N–H and O–H groups in total. The molecule has 1 aromatic carbocycles. The molecular weight excluding hydrogens is 362 g/mol. The van der Waals surface area contributed by atoms with Gasteiger partial charge in [-0.05, 0) is 41.1 Å². The first-order valence-electron chi connectivity index (χ1n) is 5.76. The number of amides is 1. The molecule has 1 amide bonds. The van der Waals surface area contributed by atoms with Gasteiger partial charge in [-0.1, -0.05) is 11.6 Å². The molecule has 0 spiro atoms. The normalized spacial score (nSPS) is 10.2. The number of nitrogens with zero attached hydrogens (tertiary/aromatic N) is 2. The minimum atomic E-state index is -0.489. The van der Waals surface area contributed by atoms with E-state index in [1.807, 2.05) is 0 Å². The van der Waals surface area contributed by atoms with Gasteiger partial charge < -0.3 is 5.32 Å². The van der Waals surface area contributed by atoms with Gasteiger partial charge in [0.05, 0.1) is 21.3 Å². The van der Waals surface area contributed by atoms with Crippen molar-refractivity contribution in [2.24, 2.45) is 0 Å². The van der Waals surface area contributed by atoms with Crippen molar-refractivity contribution in [3.8, 4) is 0 Å². The fourth-order valence-electron chi connectivity index (χ4n) is 1.69. The van der Waals surface area contributed by atoms with E-state index in [4.69, 9.17) is 11.6 Å². The third-order valence-corrected chi connectivity index (χ3v) is 3.84. The first kappa shape index (κ1) is 15.4. The highest BCUT2D eigenvalue weighted by molar-refractivity contribution is 9.10. The zero-order chi connectivity index (χ0) is 15.6. The predicted octanol–water partition coefficient (Wildman–Crippen LogP) is 3.97. The van der Waals surface area contributed by atoms with E-state index in [-0.39, 0.29) is 11.6 Å². The number of nitrogens with one attached hydrogen (secondary N) is 1. The van der Waals surface area contributed by atoms with E-state index < -0.39 is 4.92 Å². The van der Waals surface area contributed by atoms with Crippen LogP contribution in [0.4, 0.5) is 11.4 Å². The summed E-state index contributed by atoms with van der Waals surface area (Å²) in [6, 6.07) is 5.79. The summed E-state index contributed by atoms with van der Waals surface area (Å²) in [5.41, 5.74) is 1.18. The summed E-state index contributed by atoms with van der Waals surface area (Å²) < 4.78 is 0.557. The molecule has 0 saturated heterocycles. The molecule has 8 heteroatoms. The lowest BCUT2D eigenvalue weighted by Crippen LogP contribution is -2.12. The average Bonchev–Trinajstić information content (AvgIpc) is 2.42. The highest BCUT2D eigenvalue weighted by Gasteiger charge is 2.14. The summed E-state index contributed by atoms with van der Waals surface area (Å²) in [6.07, 6.45) is 1.42. The first-order valence-corrected chi connectivity index (χ1v) is 6.93. The van der Waals surface area contributed by atoms with Crippen molar-refractivity contribution in [1.82, 2.24) is 4.98 Å². The minimum Gasteiger partial charge on any atom is -0.321 e. The molecule has 0 radical (unpaired) electrons. The number of carbonyl (C=O) groups is 1. The molecule has 2 rings (SSSR count). The maximum atomic E-state index is 12.1. The summed E-state index contributed by atoms with van der Waals surface area (Å²) in [5.74, 6) is -0.385. The van der Waals surface area contributed by atoms with Crippen LogP contribution >= 0.6 is 27.5 Å². The van der Waals surface area contributed by atoms with Gasteiger partial charge in [0.1, 0.15) is 5.15 Å². The van der Waals surface area contributed by atoms with Crippen molar-refractivity contribution in [3.05, 3.63) is 61.3 Å². The standard InChI is InChI=1S/C13H9BrClN3O3/c1-7-4-8(2-3-11(7)18(20)21)13(19)17-9-5-10(14)12(15)16-6-9/h2-6H,1H3,(H,17,19). The molecule has 1 aromatic heterocycles. The van der Waals surface area contributed by atoms with E-state index in [0.29, 0.717) is 26.4 Å². The van der Waals surface area contributed by atoms with Crippen LogP contribution in [0.2, 0.25) is 5.15 Å². The number of hydrogen-bond acceptors (Lipinski definition) is 4. The minimum absolute atomic E-state index is 0.0255. The number of pyridine rings is 1. The van der Waals surface area contributed by atoms with Crippen molar-refractivity contribution >= 4 is 44.8 Å². The Kier molecular flexibility index (Phi) is 4.54. The van der Waals surface area contributed by atoms with E-state index in [1.165, 1.54) is 24.4 Å². The third-order valence-electron chi connectivity index (χ3n) is 2.71. The molecule has 6 nitrogen and oxygen atoms in total. The molecule has 0 aliphatic heterocycles. The van der Waals surface area contributed by atoms with E-state index in [1.54, 1.807) is 13.0 Å². The Morgan fingerprint density at radius 2 is 2.14 bits per heavy atom. The molecule has 108 valence electrons. The molecule has 0 aliphatic rings. The van der Waals surface area contributed by atoms with E-state index in [0.717, 1.165) is 0 Å². The second-order valence-electron chi connectivity index (χ2n) is 4.21. The van der Waals surface area contributed by atoms with Crippen molar-refractivity contribution in [1.29, 1.82) is 0 Å². The number of rotatable bonds is 3. The molecule has 1 heterocycles. The highest BCUT2D eigenvalue weighted by atomic mass is 79.9. The summed E-state index contributed by atoms with van der Waals surface area (Å²) >= 11 is 8.98. The number of aromatic nitrogens is 1. The van der Waals surface area contributed by atoms with Crippen LogP contribution in [0, 0.1) is 17.0 Å². The SMILES string of the molecule is Cc1cc(C(=O)Nc2cnc(Cl)c(Br)c2)ccc1[N+](=O)[O-]. The average molecular weight is 371 g/mol. The smallest absolute Gasteiger partial charge is 0.272 e. The van der Waals surface area contributed by atoms with Crippen LogP contribution in [-0.2, 0) is 0 Å². The van der Waals surface area contributed by atoms with Gasteiger partial charge in [0, 0.05) is 17.2 Å². The number of nitro benzene ring substituents is 1. The van der Waals surface area contributed by atoms with Crippen molar-refractivity contribution in [2.45, 2.75) is 6.92 Å². The molecule has 0 fully saturated rings. The number of halogens is 2. The van der Waals surface area contributed by atoms with Gasteiger partial charge in [0.15, 0.2) is 0 Å². The van der Waals surface area contributed by atoms with Crippen LogP contribution in [-0.4, -0.2) is 15.8 Å². The predicted molar refractivity (Wildman–Crippen MR) is 82.7 cm³/mol. The highest BCUT2D eigenvalue weighted by Crippen LogP contribution is 2.24. The quantitative estimate of drug-likeness (QED) is 0.503. The molecular formula is C13H9BrClN3O3. The largest absolute Gasteiger partial charge is 0.321 e. The van der Waals surface area contributed by atoms with Gasteiger partial charge in [-0.15, -0.1) is 0 Å². The van der Waals surface area contributed by atoms with Crippen molar-refractivity contribution < 1.29 is 9.72 Å². The van der Waals surface area contributed by atoms with E-state index >= 15 is 0 Å². The Labute approximate surface area is 133 Å². The van der Waals surface area contributed by atoms with Gasteiger partial charge in [0.2, 0.25) is 0 Å². The molecule has 2 aromatic rings. The van der Waals surface area contributed by atoms with E-state index in [9.17, 15) is 14.9 Å². The lowest BCUT2D eigenvalue weighted by atomic mass is 10.1. The molecule has 0 unspecified atom stereocenters. The van der Waals surface area contributed by atoms with Gasteiger partial charge in [-0.2, -0.15) is 0 Å². The van der Waals surface area contributed by atoms with Gasteiger partial charge in [-0.3, -0.25) is 14.9 Å². The second-order valence-corrected chi connectivity index (χ2v) is 5.42. The lowest BCUT2D eigenvalue weighted by molar-refractivity contribution is -0.385. The Hall–Kier alpha value is -1.99. The number of carbonyl (C=O) groups excluding carboxylic acids is 1. The monoisotopic (exact) mass is 369 g/mol. The molecule has 0 bridgehead atoms. The Balaban J connectivity index is 2.22. The van der Waals surface area contributed by atoms with Crippen molar-refractivity contribution in [2.75, 3.05) is 5.32 Å². The van der Waals surface area contributed by atoms with E-state index in [2.05, 4.69) is 26.2 Å². The van der Waals surface area contributed by atoms with Crippen LogP contribution in [0.25, 0.3) is 0 Å². The van der Waals surface area contributed by atoms with Crippen LogP contribution in [0.3, 0.4) is 0 Å². The Bertz CT molecular complexity index is 737. The number of nitro groups is 1. The third kappa shape index (κ3) is 3.56. The zero-order valence-corrected chi connectivity index (χ0v) is 13.1. The topological polar surface area (TPSA) is 85.1 Å². The summed E-state index contributed by atoms with van der Waals surface area (Å²) in [4.78, 5) is 26.2. The fourth-order valence-corrected chi connectivity index (χ4v) is 2.15. The van der Waals surface area contributed by atoms with Crippen LogP contribution in [0.5, 0.6) is 0 Å². The number of hydrogen-bond donors (Lipinski definition) is 1. The van der Waals surface area contributed by atoms with Gasteiger partial charge in [0.25, 0.3) is 11.6 Å². The first-order chi connectivity index (χ1) is 9.88. The maximum absolute atomic E-state index is 12.1. The molecule has 21 heavy (non-hydrogen) atoms. The number of aryl methyl sites for hydroxylation is 1. The number of anilines is 1. The molecule has 0 atom stereocenters.